The Morgan fingerprint density at radius 3 is 2.75 bits per heavy atom. The Hall–Kier alpha value is -0.570. The van der Waals surface area contributed by atoms with Gasteiger partial charge in [0.05, 0.1) is 5.92 Å². The molecule has 0 amide bonds. The predicted octanol–water partition coefficient (Wildman–Crippen LogP) is 1.62. The summed E-state index contributed by atoms with van der Waals surface area (Å²) in [6.07, 6.45) is 5.54. The van der Waals surface area contributed by atoms with Crippen molar-refractivity contribution in [2.75, 3.05) is 0 Å². The minimum absolute atomic E-state index is 0.0637. The van der Waals surface area contributed by atoms with Crippen molar-refractivity contribution in [2.45, 2.75) is 39.0 Å². The lowest BCUT2D eigenvalue weighted by atomic mass is 9.78. The molecule has 0 radical (unpaired) electrons. The summed E-state index contributed by atoms with van der Waals surface area (Å²) in [5.74, 6) is 5.21. The number of rotatable bonds is 2. The van der Waals surface area contributed by atoms with E-state index >= 15 is 0 Å². The molecule has 1 saturated carbocycles. The van der Waals surface area contributed by atoms with Crippen molar-refractivity contribution in [3.8, 4) is 0 Å². The lowest BCUT2D eigenvalue weighted by molar-refractivity contribution is -0.152. The highest BCUT2D eigenvalue weighted by atomic mass is 16.7. The summed E-state index contributed by atoms with van der Waals surface area (Å²) in [4.78, 5) is 15.5. The van der Waals surface area contributed by atoms with Crippen LogP contribution >= 0.6 is 0 Å². The van der Waals surface area contributed by atoms with E-state index in [2.05, 4.69) is 11.8 Å². The van der Waals surface area contributed by atoms with E-state index in [-0.39, 0.29) is 11.9 Å². The monoisotopic (exact) mass is 171 g/mol. The molecule has 0 saturated heterocycles. The zero-order valence-electron chi connectivity index (χ0n) is 7.58. The number of hydrogen-bond acceptors (Lipinski definition) is 3. The number of nitrogens with two attached hydrogens (primary N) is 1. The van der Waals surface area contributed by atoms with Gasteiger partial charge in [-0.15, -0.1) is 0 Å². The summed E-state index contributed by atoms with van der Waals surface area (Å²) < 4.78 is 0. The van der Waals surface area contributed by atoms with Gasteiger partial charge in [-0.3, -0.25) is 4.79 Å². The van der Waals surface area contributed by atoms with Crippen molar-refractivity contribution in [1.29, 1.82) is 0 Å². The average Bonchev–Trinajstić information content (AvgIpc) is 2.16. The van der Waals surface area contributed by atoms with Gasteiger partial charge in [0.2, 0.25) is 0 Å². The second kappa shape index (κ2) is 4.45. The maximum absolute atomic E-state index is 11.2. The summed E-state index contributed by atoms with van der Waals surface area (Å²) in [6, 6.07) is 0. The summed E-state index contributed by atoms with van der Waals surface area (Å²) in [6.45, 7) is 2.12. The van der Waals surface area contributed by atoms with Gasteiger partial charge < -0.3 is 4.84 Å². The Bertz CT molecular complexity index is 159. The molecule has 12 heavy (non-hydrogen) atoms. The van der Waals surface area contributed by atoms with Gasteiger partial charge >= 0.3 is 5.97 Å². The molecule has 1 aliphatic carbocycles. The highest BCUT2D eigenvalue weighted by molar-refractivity contribution is 5.72. The second-order valence-corrected chi connectivity index (χ2v) is 3.50. The first-order valence-corrected chi connectivity index (χ1v) is 4.70. The zero-order chi connectivity index (χ0) is 8.97. The van der Waals surface area contributed by atoms with Crippen LogP contribution < -0.4 is 5.90 Å². The first-order chi connectivity index (χ1) is 5.79. The highest BCUT2D eigenvalue weighted by Gasteiger charge is 2.30. The van der Waals surface area contributed by atoms with Gasteiger partial charge in [0.15, 0.2) is 0 Å². The molecule has 0 spiro atoms. The van der Waals surface area contributed by atoms with Crippen LogP contribution in [0.1, 0.15) is 39.0 Å². The quantitative estimate of drug-likeness (QED) is 0.642. The van der Waals surface area contributed by atoms with E-state index in [9.17, 15) is 4.79 Å². The maximum atomic E-state index is 11.2. The summed E-state index contributed by atoms with van der Waals surface area (Å²) in [5, 5.41) is 0. The molecule has 2 unspecified atom stereocenters. The fourth-order valence-corrected chi connectivity index (χ4v) is 2.09. The van der Waals surface area contributed by atoms with Crippen molar-refractivity contribution in [3.05, 3.63) is 0 Å². The molecule has 2 N–H and O–H groups in total. The standard InChI is InChI=1S/C9H17NO2/c1-2-7-5-3-4-6-8(7)9(11)12-10/h7-8H,2-6,10H2,1H3. The summed E-state index contributed by atoms with van der Waals surface area (Å²) >= 11 is 0. The largest absolute Gasteiger partial charge is 0.373 e. The van der Waals surface area contributed by atoms with Crippen LogP contribution in [-0.2, 0) is 9.63 Å². The van der Waals surface area contributed by atoms with Crippen molar-refractivity contribution in [1.82, 2.24) is 0 Å². The Morgan fingerprint density at radius 2 is 2.17 bits per heavy atom. The van der Waals surface area contributed by atoms with Crippen molar-refractivity contribution < 1.29 is 9.63 Å². The second-order valence-electron chi connectivity index (χ2n) is 3.50. The van der Waals surface area contributed by atoms with E-state index in [1.165, 1.54) is 6.42 Å². The molecule has 1 aliphatic rings. The minimum Gasteiger partial charge on any atom is -0.373 e. The number of carbonyl (C=O) groups is 1. The first kappa shape index (κ1) is 9.52. The van der Waals surface area contributed by atoms with Crippen molar-refractivity contribution in [3.63, 3.8) is 0 Å². The summed E-state index contributed by atoms with van der Waals surface area (Å²) in [5.41, 5.74) is 0. The molecule has 0 aliphatic heterocycles. The van der Waals surface area contributed by atoms with Crippen LogP contribution in [0.25, 0.3) is 0 Å². The number of hydrogen-bond donors (Lipinski definition) is 1. The van der Waals surface area contributed by atoms with Gasteiger partial charge in [-0.25, -0.2) is 0 Å². The maximum Gasteiger partial charge on any atom is 0.327 e. The van der Waals surface area contributed by atoms with E-state index in [0.717, 1.165) is 25.7 Å². The van der Waals surface area contributed by atoms with Gasteiger partial charge in [-0.1, -0.05) is 26.2 Å². The lowest BCUT2D eigenvalue weighted by Gasteiger charge is -2.27. The first-order valence-electron chi connectivity index (χ1n) is 4.70. The normalized spacial score (nSPS) is 29.8. The molecule has 0 aromatic carbocycles. The van der Waals surface area contributed by atoms with Crippen LogP contribution in [0.5, 0.6) is 0 Å². The molecule has 2 atom stereocenters. The molecule has 3 heteroatoms. The summed E-state index contributed by atoms with van der Waals surface area (Å²) in [7, 11) is 0. The zero-order valence-corrected chi connectivity index (χ0v) is 7.58. The van der Waals surface area contributed by atoms with E-state index in [4.69, 9.17) is 5.90 Å². The van der Waals surface area contributed by atoms with Gasteiger partial charge in [-0.05, 0) is 18.8 Å². The van der Waals surface area contributed by atoms with E-state index < -0.39 is 0 Å². The lowest BCUT2D eigenvalue weighted by Crippen LogP contribution is -2.30. The number of carbonyl (C=O) groups excluding carboxylic acids is 1. The molecule has 0 aromatic rings. The smallest absolute Gasteiger partial charge is 0.327 e. The van der Waals surface area contributed by atoms with Crippen LogP contribution in [0.3, 0.4) is 0 Å². The van der Waals surface area contributed by atoms with Crippen LogP contribution in [-0.4, -0.2) is 5.97 Å². The molecule has 0 aromatic heterocycles. The van der Waals surface area contributed by atoms with Crippen molar-refractivity contribution >= 4 is 5.97 Å². The van der Waals surface area contributed by atoms with Gasteiger partial charge in [0.25, 0.3) is 0 Å². The fraction of sp³-hybridized carbons (Fsp3) is 0.889. The Morgan fingerprint density at radius 1 is 1.50 bits per heavy atom. The molecule has 3 nitrogen and oxygen atoms in total. The van der Waals surface area contributed by atoms with E-state index in [1.807, 2.05) is 0 Å². The van der Waals surface area contributed by atoms with E-state index in [1.54, 1.807) is 0 Å². The molecule has 70 valence electrons. The Kier molecular flexibility index (Phi) is 3.53. The highest BCUT2D eigenvalue weighted by Crippen LogP contribution is 2.32. The molecule has 0 heterocycles. The molecule has 1 fully saturated rings. The third-order valence-corrected chi connectivity index (χ3v) is 2.85. The van der Waals surface area contributed by atoms with Gasteiger partial charge in [0.1, 0.15) is 0 Å². The van der Waals surface area contributed by atoms with Gasteiger partial charge in [0, 0.05) is 0 Å². The molecule has 1 rings (SSSR count). The third-order valence-electron chi connectivity index (χ3n) is 2.85. The van der Waals surface area contributed by atoms with Crippen LogP contribution in [0.15, 0.2) is 0 Å². The Balaban J connectivity index is 2.52. The van der Waals surface area contributed by atoms with Crippen LogP contribution in [0.2, 0.25) is 0 Å². The topological polar surface area (TPSA) is 52.3 Å². The molecular formula is C9H17NO2. The molecule has 0 bridgehead atoms. The van der Waals surface area contributed by atoms with Crippen LogP contribution in [0, 0.1) is 11.8 Å². The molecular weight excluding hydrogens is 154 g/mol. The van der Waals surface area contributed by atoms with Crippen LogP contribution in [0.4, 0.5) is 0 Å². The minimum atomic E-state index is -0.221. The van der Waals surface area contributed by atoms with Crippen molar-refractivity contribution in [2.24, 2.45) is 17.7 Å². The van der Waals surface area contributed by atoms with Gasteiger partial charge in [-0.2, -0.15) is 5.90 Å². The SMILES string of the molecule is CCC1CCCCC1C(=O)ON. The van der Waals surface area contributed by atoms with E-state index in [0.29, 0.717) is 5.92 Å². The predicted molar refractivity (Wildman–Crippen MR) is 46.0 cm³/mol. The third kappa shape index (κ3) is 1.97. The average molecular weight is 171 g/mol. The Labute approximate surface area is 73.2 Å². The fourth-order valence-electron chi connectivity index (χ4n) is 2.09.